The van der Waals surface area contributed by atoms with E-state index < -0.39 is 5.97 Å². The maximum Gasteiger partial charge on any atom is 0.329 e. The van der Waals surface area contributed by atoms with Crippen LogP contribution in [0.2, 0.25) is 0 Å². The summed E-state index contributed by atoms with van der Waals surface area (Å²) in [7, 11) is 0. The summed E-state index contributed by atoms with van der Waals surface area (Å²) in [5, 5.41) is 11.6. The van der Waals surface area contributed by atoms with Gasteiger partial charge in [-0.15, -0.1) is 0 Å². The average molecular weight is 300 g/mol. The van der Waals surface area contributed by atoms with Crippen LogP contribution in [0.3, 0.4) is 0 Å². The molecule has 6 heteroatoms. The fourth-order valence-corrected chi connectivity index (χ4v) is 2.52. The van der Waals surface area contributed by atoms with Crippen LogP contribution in [-0.2, 0) is 14.3 Å². The van der Waals surface area contributed by atoms with Crippen molar-refractivity contribution in [2.75, 3.05) is 26.2 Å². The molecule has 1 amide bonds. The minimum absolute atomic E-state index is 0.00262. The molecule has 0 radical (unpaired) electrons. The van der Waals surface area contributed by atoms with Gasteiger partial charge in [0.25, 0.3) is 0 Å². The van der Waals surface area contributed by atoms with Crippen LogP contribution >= 0.6 is 0 Å². The number of nitrogens with one attached hydrogen (secondary N) is 1. The van der Waals surface area contributed by atoms with E-state index in [2.05, 4.69) is 17.1 Å². The van der Waals surface area contributed by atoms with Gasteiger partial charge in [0, 0.05) is 19.6 Å². The van der Waals surface area contributed by atoms with Gasteiger partial charge in [-0.05, 0) is 26.2 Å². The summed E-state index contributed by atoms with van der Waals surface area (Å²) in [5.41, 5.74) is 0. The molecule has 6 nitrogen and oxygen atoms in total. The maximum atomic E-state index is 12.0. The Bertz CT molecular complexity index is 328. The third-order valence-corrected chi connectivity index (χ3v) is 3.93. The van der Waals surface area contributed by atoms with Gasteiger partial charge in [-0.2, -0.15) is 0 Å². The average Bonchev–Trinajstić information content (AvgIpc) is 2.49. The Morgan fingerprint density at radius 1 is 1.33 bits per heavy atom. The molecule has 122 valence electrons. The number of piperidine rings is 1. The van der Waals surface area contributed by atoms with Gasteiger partial charge in [-0.3, -0.25) is 9.69 Å². The Morgan fingerprint density at radius 3 is 2.57 bits per heavy atom. The number of rotatable bonds is 9. The third kappa shape index (κ3) is 6.91. The normalized spacial score (nSPS) is 18.4. The molecule has 1 unspecified atom stereocenters. The summed E-state index contributed by atoms with van der Waals surface area (Å²) in [6, 6.07) is -0.132. The van der Waals surface area contributed by atoms with Crippen LogP contribution in [0.25, 0.3) is 0 Å². The molecule has 1 atom stereocenters. The number of likely N-dealkylation sites (tertiary alicyclic amines) is 1. The van der Waals surface area contributed by atoms with Gasteiger partial charge >= 0.3 is 5.97 Å². The van der Waals surface area contributed by atoms with E-state index in [1.165, 1.54) is 0 Å². The quantitative estimate of drug-likeness (QED) is 0.627. The minimum atomic E-state index is -0.933. The lowest BCUT2D eigenvalue weighted by molar-refractivity contribution is -0.145. The van der Waals surface area contributed by atoms with E-state index in [9.17, 15) is 9.59 Å². The summed E-state index contributed by atoms with van der Waals surface area (Å²) < 4.78 is 5.30. The molecule has 1 aliphatic heterocycles. The number of amides is 1. The molecule has 1 heterocycles. The Balaban J connectivity index is 2.22. The number of carbonyl (C=O) groups excluding carboxylic acids is 1. The van der Waals surface area contributed by atoms with Crippen molar-refractivity contribution in [2.45, 2.75) is 58.1 Å². The number of nitrogens with zero attached hydrogens (tertiary/aromatic N) is 1. The van der Waals surface area contributed by atoms with Crippen molar-refractivity contribution in [3.63, 3.8) is 0 Å². The van der Waals surface area contributed by atoms with Gasteiger partial charge in [-0.1, -0.05) is 19.8 Å². The Hall–Kier alpha value is -1.14. The number of hydrogen-bond donors (Lipinski definition) is 2. The SMILES string of the molecule is CCCCCNC(=O)C(C)N1CCC(OCC(=O)O)CC1. The number of hydrogen-bond acceptors (Lipinski definition) is 4. The zero-order chi connectivity index (χ0) is 15.7. The monoisotopic (exact) mass is 300 g/mol. The second kappa shape index (κ2) is 9.73. The molecule has 0 bridgehead atoms. The van der Waals surface area contributed by atoms with Gasteiger partial charge < -0.3 is 15.2 Å². The number of unbranched alkanes of at least 4 members (excludes halogenated alkanes) is 2. The van der Waals surface area contributed by atoms with E-state index in [0.29, 0.717) is 0 Å². The first-order chi connectivity index (χ1) is 10.0. The topological polar surface area (TPSA) is 78.9 Å². The first-order valence-corrected chi connectivity index (χ1v) is 7.89. The number of carbonyl (C=O) groups is 2. The van der Waals surface area contributed by atoms with E-state index in [1.807, 2.05) is 6.92 Å². The first kappa shape index (κ1) is 17.9. The lowest BCUT2D eigenvalue weighted by Crippen LogP contribution is -2.49. The van der Waals surface area contributed by atoms with E-state index >= 15 is 0 Å². The molecule has 21 heavy (non-hydrogen) atoms. The molecule has 1 saturated heterocycles. The predicted octanol–water partition coefficient (Wildman–Crippen LogP) is 1.25. The highest BCUT2D eigenvalue weighted by atomic mass is 16.5. The molecule has 1 aliphatic rings. The van der Waals surface area contributed by atoms with Crippen molar-refractivity contribution in [3.05, 3.63) is 0 Å². The van der Waals surface area contributed by atoms with Gasteiger partial charge in [0.15, 0.2) is 0 Å². The Kier molecular flexibility index (Phi) is 8.30. The fourth-order valence-electron chi connectivity index (χ4n) is 2.52. The van der Waals surface area contributed by atoms with E-state index in [0.717, 1.165) is 51.7 Å². The zero-order valence-corrected chi connectivity index (χ0v) is 13.1. The molecule has 0 aromatic carbocycles. The molecule has 1 rings (SSSR count). The number of ether oxygens (including phenoxy) is 1. The van der Waals surface area contributed by atoms with E-state index in [-0.39, 0.29) is 24.7 Å². The van der Waals surface area contributed by atoms with Gasteiger partial charge in [0.05, 0.1) is 12.1 Å². The van der Waals surface area contributed by atoms with Crippen LogP contribution in [0.15, 0.2) is 0 Å². The Morgan fingerprint density at radius 2 is 2.00 bits per heavy atom. The lowest BCUT2D eigenvalue weighted by Gasteiger charge is -2.35. The third-order valence-electron chi connectivity index (χ3n) is 3.93. The van der Waals surface area contributed by atoms with Crippen molar-refractivity contribution in [1.82, 2.24) is 10.2 Å². The fraction of sp³-hybridized carbons (Fsp3) is 0.867. The van der Waals surface area contributed by atoms with Crippen LogP contribution in [0, 0.1) is 0 Å². The summed E-state index contributed by atoms with van der Waals surface area (Å²) in [5.74, 6) is -0.853. The van der Waals surface area contributed by atoms with Crippen molar-refractivity contribution in [3.8, 4) is 0 Å². The number of aliphatic carboxylic acids is 1. The van der Waals surface area contributed by atoms with E-state index in [1.54, 1.807) is 0 Å². The highest BCUT2D eigenvalue weighted by molar-refractivity contribution is 5.81. The number of carboxylic acids is 1. The van der Waals surface area contributed by atoms with Crippen LogP contribution in [0.5, 0.6) is 0 Å². The van der Waals surface area contributed by atoms with E-state index in [4.69, 9.17) is 9.84 Å². The summed E-state index contributed by atoms with van der Waals surface area (Å²) in [6.45, 7) is 6.11. The smallest absolute Gasteiger partial charge is 0.329 e. The molecule has 0 aromatic heterocycles. The molecule has 0 saturated carbocycles. The summed E-state index contributed by atoms with van der Waals surface area (Å²) in [6.07, 6.45) is 4.87. The standard InChI is InChI=1S/C15H28N2O4/c1-3-4-5-8-16-15(20)12(2)17-9-6-13(7-10-17)21-11-14(18)19/h12-13H,3-11H2,1-2H3,(H,16,20)(H,18,19). The lowest BCUT2D eigenvalue weighted by atomic mass is 10.1. The van der Waals surface area contributed by atoms with Crippen molar-refractivity contribution >= 4 is 11.9 Å². The van der Waals surface area contributed by atoms with Crippen molar-refractivity contribution in [2.24, 2.45) is 0 Å². The first-order valence-electron chi connectivity index (χ1n) is 7.89. The van der Waals surface area contributed by atoms with Crippen LogP contribution in [0.1, 0.15) is 46.0 Å². The van der Waals surface area contributed by atoms with Gasteiger partial charge in [0.2, 0.25) is 5.91 Å². The number of carboxylic acid groups (broad SMARTS) is 1. The van der Waals surface area contributed by atoms with Crippen LogP contribution in [-0.4, -0.2) is 60.3 Å². The van der Waals surface area contributed by atoms with Crippen molar-refractivity contribution < 1.29 is 19.4 Å². The molecular formula is C15H28N2O4. The second-order valence-corrected chi connectivity index (χ2v) is 5.61. The maximum absolute atomic E-state index is 12.0. The molecular weight excluding hydrogens is 272 g/mol. The van der Waals surface area contributed by atoms with Gasteiger partial charge in [0.1, 0.15) is 6.61 Å². The van der Waals surface area contributed by atoms with Crippen LogP contribution in [0.4, 0.5) is 0 Å². The minimum Gasteiger partial charge on any atom is -0.480 e. The van der Waals surface area contributed by atoms with Gasteiger partial charge in [-0.25, -0.2) is 4.79 Å². The van der Waals surface area contributed by atoms with Crippen molar-refractivity contribution in [1.29, 1.82) is 0 Å². The highest BCUT2D eigenvalue weighted by Gasteiger charge is 2.26. The Labute approximate surface area is 126 Å². The summed E-state index contributed by atoms with van der Waals surface area (Å²) in [4.78, 5) is 24.6. The predicted molar refractivity (Wildman–Crippen MR) is 80.2 cm³/mol. The molecule has 0 aliphatic carbocycles. The molecule has 1 fully saturated rings. The molecule has 2 N–H and O–H groups in total. The molecule has 0 spiro atoms. The molecule has 0 aromatic rings. The largest absolute Gasteiger partial charge is 0.480 e. The highest BCUT2D eigenvalue weighted by Crippen LogP contribution is 2.16. The summed E-state index contributed by atoms with van der Waals surface area (Å²) >= 11 is 0. The second-order valence-electron chi connectivity index (χ2n) is 5.61. The van der Waals surface area contributed by atoms with Crippen LogP contribution < -0.4 is 5.32 Å². The zero-order valence-electron chi connectivity index (χ0n) is 13.1.